The summed E-state index contributed by atoms with van der Waals surface area (Å²) >= 11 is 0. The van der Waals surface area contributed by atoms with Crippen LogP contribution in [0.2, 0.25) is 0 Å². The molecule has 1 aliphatic heterocycles. The number of nitrogens with zero attached hydrogens (tertiary/aromatic N) is 1. The Morgan fingerprint density at radius 2 is 1.79 bits per heavy atom. The Labute approximate surface area is 115 Å². The van der Waals surface area contributed by atoms with Crippen molar-refractivity contribution in [3.05, 3.63) is 0 Å². The van der Waals surface area contributed by atoms with Gasteiger partial charge >= 0.3 is 5.97 Å². The van der Waals surface area contributed by atoms with Crippen LogP contribution in [0.15, 0.2) is 0 Å². The largest absolute Gasteiger partial charge is 0.480 e. The number of rotatable bonds is 5. The van der Waals surface area contributed by atoms with Gasteiger partial charge < -0.3 is 5.11 Å². The van der Waals surface area contributed by atoms with Gasteiger partial charge in [0.2, 0.25) is 10.0 Å². The molecule has 0 aromatic heterocycles. The summed E-state index contributed by atoms with van der Waals surface area (Å²) in [7, 11) is -3.40. The highest BCUT2D eigenvalue weighted by Gasteiger charge is 2.38. The fraction of sp³-hybridized carbons (Fsp3) is 0.923. The molecule has 0 aromatic rings. The third-order valence-electron chi connectivity index (χ3n) is 4.35. The van der Waals surface area contributed by atoms with Crippen molar-refractivity contribution in [2.24, 2.45) is 5.92 Å². The smallest absolute Gasteiger partial charge is 0.322 e. The van der Waals surface area contributed by atoms with Crippen molar-refractivity contribution in [1.29, 1.82) is 0 Å². The average molecular weight is 289 g/mol. The molecule has 6 heteroatoms. The number of carboxylic acid groups (broad SMARTS) is 1. The van der Waals surface area contributed by atoms with Crippen molar-refractivity contribution in [2.75, 3.05) is 12.3 Å². The topological polar surface area (TPSA) is 74.7 Å². The predicted molar refractivity (Wildman–Crippen MR) is 72.3 cm³/mol. The monoisotopic (exact) mass is 289 g/mol. The highest BCUT2D eigenvalue weighted by molar-refractivity contribution is 7.89. The molecule has 1 saturated carbocycles. The summed E-state index contributed by atoms with van der Waals surface area (Å²) in [5, 5.41) is 9.06. The van der Waals surface area contributed by atoms with Crippen LogP contribution in [0, 0.1) is 5.92 Å². The van der Waals surface area contributed by atoms with Crippen LogP contribution in [-0.2, 0) is 14.8 Å². The second kappa shape index (κ2) is 6.22. The van der Waals surface area contributed by atoms with Gasteiger partial charge in [-0.15, -0.1) is 0 Å². The van der Waals surface area contributed by atoms with Gasteiger partial charge in [-0.25, -0.2) is 8.42 Å². The molecular formula is C13H23NO4S. The normalized spacial score (nSPS) is 26.6. The van der Waals surface area contributed by atoms with E-state index in [2.05, 4.69) is 0 Å². The van der Waals surface area contributed by atoms with Crippen molar-refractivity contribution in [3.63, 3.8) is 0 Å². The van der Waals surface area contributed by atoms with Gasteiger partial charge in [0.15, 0.2) is 0 Å². The summed E-state index contributed by atoms with van der Waals surface area (Å²) in [5.74, 6) is -0.394. The molecule has 2 rings (SSSR count). The summed E-state index contributed by atoms with van der Waals surface area (Å²) in [6.45, 7) is 0.365. The summed E-state index contributed by atoms with van der Waals surface area (Å²) in [4.78, 5) is 11.1. The van der Waals surface area contributed by atoms with Crippen LogP contribution in [-0.4, -0.2) is 42.1 Å². The Balaban J connectivity index is 1.92. The Hall–Kier alpha value is -0.620. The van der Waals surface area contributed by atoms with Crippen LogP contribution in [0.4, 0.5) is 0 Å². The molecule has 0 spiro atoms. The van der Waals surface area contributed by atoms with Crippen LogP contribution in [0.5, 0.6) is 0 Å². The highest BCUT2D eigenvalue weighted by Crippen LogP contribution is 2.28. The first kappa shape index (κ1) is 14.8. The Morgan fingerprint density at radius 3 is 2.42 bits per heavy atom. The van der Waals surface area contributed by atoms with E-state index in [4.69, 9.17) is 5.11 Å². The molecule has 5 nitrogen and oxygen atoms in total. The minimum atomic E-state index is -3.40. The maximum absolute atomic E-state index is 12.3. The molecule has 0 radical (unpaired) electrons. The molecule has 1 atom stereocenters. The second-order valence-corrected chi connectivity index (χ2v) is 7.76. The fourth-order valence-electron chi connectivity index (χ4n) is 3.23. The quantitative estimate of drug-likeness (QED) is 0.838. The number of carbonyl (C=O) groups is 1. The van der Waals surface area contributed by atoms with Gasteiger partial charge in [0.1, 0.15) is 6.04 Å². The summed E-state index contributed by atoms with van der Waals surface area (Å²) in [6.07, 6.45) is 7.69. The van der Waals surface area contributed by atoms with Crippen molar-refractivity contribution in [3.8, 4) is 0 Å². The van der Waals surface area contributed by atoms with E-state index >= 15 is 0 Å². The van der Waals surface area contributed by atoms with Crippen molar-refractivity contribution < 1.29 is 18.3 Å². The van der Waals surface area contributed by atoms with Crippen LogP contribution in [0.1, 0.15) is 51.4 Å². The van der Waals surface area contributed by atoms with Gasteiger partial charge in [0.05, 0.1) is 5.75 Å². The van der Waals surface area contributed by atoms with Crippen LogP contribution in [0.3, 0.4) is 0 Å². The van der Waals surface area contributed by atoms with Gasteiger partial charge in [-0.2, -0.15) is 4.31 Å². The molecule has 2 fully saturated rings. The van der Waals surface area contributed by atoms with E-state index in [9.17, 15) is 13.2 Å². The van der Waals surface area contributed by atoms with Gasteiger partial charge in [-0.3, -0.25) is 4.79 Å². The summed E-state index contributed by atoms with van der Waals surface area (Å²) in [6, 6.07) is -0.837. The van der Waals surface area contributed by atoms with Gasteiger partial charge in [-0.1, -0.05) is 32.1 Å². The Morgan fingerprint density at radius 1 is 1.11 bits per heavy atom. The lowest BCUT2D eigenvalue weighted by atomic mass is 9.88. The minimum Gasteiger partial charge on any atom is -0.480 e. The molecule has 1 aliphatic carbocycles. The van der Waals surface area contributed by atoms with Crippen LogP contribution in [0.25, 0.3) is 0 Å². The molecule has 0 aromatic carbocycles. The zero-order valence-corrected chi connectivity index (χ0v) is 12.1. The minimum absolute atomic E-state index is 0.113. The SMILES string of the molecule is O=C(O)[C@@H]1CCCN1S(=O)(=O)CCC1CCCCC1. The molecular weight excluding hydrogens is 266 g/mol. The maximum atomic E-state index is 12.3. The first-order chi connectivity index (χ1) is 9.00. The Bertz CT molecular complexity index is 414. The van der Waals surface area contributed by atoms with Crippen molar-refractivity contribution in [1.82, 2.24) is 4.31 Å². The number of aliphatic carboxylic acids is 1. The maximum Gasteiger partial charge on any atom is 0.322 e. The summed E-state index contributed by atoms with van der Waals surface area (Å²) < 4.78 is 25.7. The molecule has 1 heterocycles. The van der Waals surface area contributed by atoms with Gasteiger partial charge in [-0.05, 0) is 25.2 Å². The molecule has 0 bridgehead atoms. The number of carboxylic acids is 1. The molecule has 1 saturated heterocycles. The standard InChI is InChI=1S/C13H23NO4S/c15-13(16)12-7-4-9-14(12)19(17,18)10-8-11-5-2-1-3-6-11/h11-12H,1-10H2,(H,15,16)/t12-/m0/s1. The lowest BCUT2D eigenvalue weighted by Gasteiger charge is -2.24. The van der Waals surface area contributed by atoms with E-state index in [0.29, 0.717) is 31.7 Å². The molecule has 19 heavy (non-hydrogen) atoms. The number of sulfonamides is 1. The van der Waals surface area contributed by atoms with Gasteiger partial charge in [0.25, 0.3) is 0 Å². The van der Waals surface area contributed by atoms with Gasteiger partial charge in [0, 0.05) is 6.54 Å². The molecule has 0 amide bonds. The van der Waals surface area contributed by atoms with E-state index in [1.807, 2.05) is 0 Å². The van der Waals surface area contributed by atoms with E-state index in [0.717, 1.165) is 12.8 Å². The lowest BCUT2D eigenvalue weighted by Crippen LogP contribution is -2.41. The average Bonchev–Trinajstić information content (AvgIpc) is 2.88. The first-order valence-electron chi connectivity index (χ1n) is 7.23. The zero-order valence-electron chi connectivity index (χ0n) is 11.3. The zero-order chi connectivity index (χ0) is 13.9. The lowest BCUT2D eigenvalue weighted by molar-refractivity contribution is -0.140. The molecule has 110 valence electrons. The molecule has 1 N–H and O–H groups in total. The van der Waals surface area contributed by atoms with E-state index < -0.39 is 22.0 Å². The number of hydrogen-bond donors (Lipinski definition) is 1. The van der Waals surface area contributed by atoms with Crippen molar-refractivity contribution in [2.45, 2.75) is 57.4 Å². The Kier molecular flexibility index (Phi) is 4.84. The highest BCUT2D eigenvalue weighted by atomic mass is 32.2. The van der Waals surface area contributed by atoms with Crippen molar-refractivity contribution >= 4 is 16.0 Å². The predicted octanol–water partition coefficient (Wildman–Crippen LogP) is 1.84. The molecule has 0 unspecified atom stereocenters. The second-order valence-electron chi connectivity index (χ2n) is 5.72. The van der Waals surface area contributed by atoms with E-state index in [1.54, 1.807) is 0 Å². The fourth-order valence-corrected chi connectivity index (χ4v) is 5.08. The third kappa shape index (κ3) is 3.69. The third-order valence-corrected chi connectivity index (χ3v) is 6.26. The first-order valence-corrected chi connectivity index (χ1v) is 8.84. The molecule has 2 aliphatic rings. The van der Waals surface area contributed by atoms with E-state index in [-0.39, 0.29) is 5.75 Å². The van der Waals surface area contributed by atoms with E-state index in [1.165, 1.54) is 23.6 Å². The van der Waals surface area contributed by atoms with Crippen LogP contribution >= 0.6 is 0 Å². The summed E-state index contributed by atoms with van der Waals surface area (Å²) in [5.41, 5.74) is 0. The van der Waals surface area contributed by atoms with Crippen LogP contribution < -0.4 is 0 Å². The number of hydrogen-bond acceptors (Lipinski definition) is 3.